The largest absolute Gasteiger partial charge is 0.360 e. The number of aryl methyl sites for hydroxylation is 1. The number of anilines is 1. The molecule has 0 radical (unpaired) electrons. The van der Waals surface area contributed by atoms with Crippen LogP contribution in [0.4, 0.5) is 5.82 Å². The van der Waals surface area contributed by atoms with Crippen molar-refractivity contribution in [2.24, 2.45) is 0 Å². The van der Waals surface area contributed by atoms with Crippen LogP contribution in [0, 0.1) is 6.92 Å². The number of nitrogens with zero attached hydrogens (tertiary/aromatic N) is 4. The first-order chi connectivity index (χ1) is 13.7. The van der Waals surface area contributed by atoms with E-state index in [1.54, 1.807) is 13.0 Å². The SMILES string of the molecule is Cc1cc(NC(=O)CCN2CCN(Cc3cccc4cccnc34)CC2)no1. The second kappa shape index (κ2) is 8.50. The summed E-state index contributed by atoms with van der Waals surface area (Å²) < 4.78 is 4.96. The molecule has 146 valence electrons. The Hall–Kier alpha value is -2.77. The molecule has 1 saturated heterocycles. The molecule has 7 heteroatoms. The zero-order chi connectivity index (χ0) is 19.3. The summed E-state index contributed by atoms with van der Waals surface area (Å²) in [7, 11) is 0. The summed E-state index contributed by atoms with van der Waals surface area (Å²) in [5.74, 6) is 1.14. The van der Waals surface area contributed by atoms with Crippen LogP contribution in [0.3, 0.4) is 0 Å². The maximum atomic E-state index is 12.1. The molecule has 0 unspecified atom stereocenters. The molecular weight excluding hydrogens is 354 g/mol. The number of benzene rings is 1. The normalized spacial score (nSPS) is 15.8. The molecule has 0 bridgehead atoms. The fourth-order valence-electron chi connectivity index (χ4n) is 3.60. The highest BCUT2D eigenvalue weighted by molar-refractivity contribution is 5.89. The van der Waals surface area contributed by atoms with Crippen LogP contribution in [-0.4, -0.2) is 58.6 Å². The van der Waals surface area contributed by atoms with Gasteiger partial charge in [0, 0.05) is 63.3 Å². The molecule has 1 aliphatic heterocycles. The fourth-order valence-corrected chi connectivity index (χ4v) is 3.60. The summed E-state index contributed by atoms with van der Waals surface area (Å²) in [6.07, 6.45) is 2.31. The maximum Gasteiger partial charge on any atom is 0.226 e. The van der Waals surface area contributed by atoms with Crippen LogP contribution in [0.2, 0.25) is 0 Å². The van der Waals surface area contributed by atoms with Gasteiger partial charge in [-0.1, -0.05) is 29.4 Å². The van der Waals surface area contributed by atoms with Crippen molar-refractivity contribution in [3.05, 3.63) is 53.9 Å². The molecule has 1 amide bonds. The molecule has 1 aliphatic rings. The summed E-state index contributed by atoms with van der Waals surface area (Å²) in [5.41, 5.74) is 2.36. The molecule has 7 nitrogen and oxygen atoms in total. The predicted octanol–water partition coefficient (Wildman–Crippen LogP) is 2.68. The zero-order valence-corrected chi connectivity index (χ0v) is 16.1. The lowest BCUT2D eigenvalue weighted by Crippen LogP contribution is -2.46. The number of carbonyl (C=O) groups excluding carboxylic acids is 1. The third-order valence-electron chi connectivity index (χ3n) is 5.13. The zero-order valence-electron chi connectivity index (χ0n) is 16.1. The van der Waals surface area contributed by atoms with Crippen molar-refractivity contribution in [1.29, 1.82) is 0 Å². The van der Waals surface area contributed by atoms with Gasteiger partial charge < -0.3 is 14.7 Å². The second-order valence-corrected chi connectivity index (χ2v) is 7.23. The quantitative estimate of drug-likeness (QED) is 0.710. The van der Waals surface area contributed by atoms with Crippen molar-refractivity contribution < 1.29 is 9.32 Å². The topological polar surface area (TPSA) is 74.5 Å². The number of carbonyl (C=O) groups is 1. The average molecular weight is 379 g/mol. The molecule has 1 N–H and O–H groups in total. The average Bonchev–Trinajstić information content (AvgIpc) is 3.12. The van der Waals surface area contributed by atoms with E-state index in [0.717, 1.165) is 44.8 Å². The summed E-state index contributed by atoms with van der Waals surface area (Å²) in [6.45, 7) is 7.39. The van der Waals surface area contributed by atoms with E-state index >= 15 is 0 Å². The highest BCUT2D eigenvalue weighted by atomic mass is 16.5. The van der Waals surface area contributed by atoms with Gasteiger partial charge in [0.2, 0.25) is 5.91 Å². The fraction of sp³-hybridized carbons (Fsp3) is 0.381. The molecule has 0 atom stereocenters. The lowest BCUT2D eigenvalue weighted by atomic mass is 10.1. The molecule has 1 aromatic carbocycles. The summed E-state index contributed by atoms with van der Waals surface area (Å²) in [4.78, 5) is 21.4. The Morgan fingerprint density at radius 1 is 1.14 bits per heavy atom. The van der Waals surface area contributed by atoms with Gasteiger partial charge in [0.25, 0.3) is 0 Å². The van der Waals surface area contributed by atoms with Crippen LogP contribution in [0.5, 0.6) is 0 Å². The van der Waals surface area contributed by atoms with Crippen LogP contribution in [-0.2, 0) is 11.3 Å². The number of hydrogen-bond donors (Lipinski definition) is 1. The minimum atomic E-state index is -0.0300. The smallest absolute Gasteiger partial charge is 0.226 e. The standard InChI is InChI=1S/C21H25N5O2/c1-16-14-19(24-28-16)23-20(27)7-9-25-10-12-26(13-11-25)15-18-5-2-4-17-6-3-8-22-21(17)18/h2-6,8,14H,7,9-13,15H2,1H3,(H,23,24,27). The van der Waals surface area contributed by atoms with E-state index < -0.39 is 0 Å². The Bertz CT molecular complexity index is 941. The summed E-state index contributed by atoms with van der Waals surface area (Å²) >= 11 is 0. The molecule has 3 aromatic rings. The molecule has 4 rings (SSSR count). The van der Waals surface area contributed by atoms with E-state index in [9.17, 15) is 4.79 Å². The number of aromatic nitrogens is 2. The van der Waals surface area contributed by atoms with Crippen LogP contribution < -0.4 is 5.32 Å². The number of pyridine rings is 1. The van der Waals surface area contributed by atoms with Gasteiger partial charge >= 0.3 is 0 Å². The monoisotopic (exact) mass is 379 g/mol. The van der Waals surface area contributed by atoms with Gasteiger partial charge in [-0.3, -0.25) is 14.7 Å². The van der Waals surface area contributed by atoms with Gasteiger partial charge in [-0.05, 0) is 18.6 Å². The predicted molar refractivity (Wildman–Crippen MR) is 108 cm³/mol. The van der Waals surface area contributed by atoms with Crippen molar-refractivity contribution in [3.8, 4) is 0 Å². The van der Waals surface area contributed by atoms with Crippen LogP contribution in [0.15, 0.2) is 47.1 Å². The number of fused-ring (bicyclic) bond motifs is 1. The van der Waals surface area contributed by atoms with Gasteiger partial charge in [0.1, 0.15) is 5.76 Å². The van der Waals surface area contributed by atoms with E-state index in [4.69, 9.17) is 4.52 Å². The van der Waals surface area contributed by atoms with E-state index in [-0.39, 0.29) is 5.91 Å². The third-order valence-corrected chi connectivity index (χ3v) is 5.13. The van der Waals surface area contributed by atoms with Crippen molar-refractivity contribution in [2.45, 2.75) is 19.9 Å². The van der Waals surface area contributed by atoms with Crippen molar-refractivity contribution in [2.75, 3.05) is 38.0 Å². The Labute approximate surface area is 164 Å². The number of amides is 1. The first-order valence-electron chi connectivity index (χ1n) is 9.68. The van der Waals surface area contributed by atoms with Gasteiger partial charge in [-0.25, -0.2) is 0 Å². The Kier molecular flexibility index (Phi) is 5.64. The van der Waals surface area contributed by atoms with Gasteiger partial charge in [-0.15, -0.1) is 0 Å². The van der Waals surface area contributed by atoms with Gasteiger partial charge in [0.05, 0.1) is 5.52 Å². The molecule has 2 aromatic heterocycles. The summed E-state index contributed by atoms with van der Waals surface area (Å²) in [5, 5.41) is 7.75. The van der Waals surface area contributed by atoms with E-state index in [1.165, 1.54) is 10.9 Å². The van der Waals surface area contributed by atoms with Crippen molar-refractivity contribution in [3.63, 3.8) is 0 Å². The Morgan fingerprint density at radius 3 is 2.71 bits per heavy atom. The number of hydrogen-bond acceptors (Lipinski definition) is 6. The minimum absolute atomic E-state index is 0.0300. The number of para-hydroxylation sites is 1. The van der Waals surface area contributed by atoms with E-state index in [0.29, 0.717) is 18.0 Å². The molecule has 3 heterocycles. The van der Waals surface area contributed by atoms with E-state index in [1.807, 2.05) is 12.3 Å². The Balaban J connectivity index is 1.24. The first-order valence-corrected chi connectivity index (χ1v) is 9.68. The van der Waals surface area contributed by atoms with Crippen LogP contribution in [0.25, 0.3) is 10.9 Å². The third kappa shape index (κ3) is 4.55. The lowest BCUT2D eigenvalue weighted by Gasteiger charge is -2.34. The van der Waals surface area contributed by atoms with Gasteiger partial charge in [-0.2, -0.15) is 0 Å². The Morgan fingerprint density at radius 2 is 1.93 bits per heavy atom. The van der Waals surface area contributed by atoms with Gasteiger partial charge in [0.15, 0.2) is 5.82 Å². The number of nitrogens with one attached hydrogen (secondary N) is 1. The van der Waals surface area contributed by atoms with Crippen LogP contribution in [0.1, 0.15) is 17.7 Å². The summed E-state index contributed by atoms with van der Waals surface area (Å²) in [6, 6.07) is 12.2. The number of rotatable bonds is 6. The maximum absolute atomic E-state index is 12.1. The van der Waals surface area contributed by atoms with Crippen molar-refractivity contribution >= 4 is 22.6 Å². The highest BCUT2D eigenvalue weighted by Crippen LogP contribution is 2.18. The van der Waals surface area contributed by atoms with Crippen LogP contribution >= 0.6 is 0 Å². The molecule has 0 spiro atoms. The molecule has 0 saturated carbocycles. The minimum Gasteiger partial charge on any atom is -0.360 e. The highest BCUT2D eigenvalue weighted by Gasteiger charge is 2.18. The van der Waals surface area contributed by atoms with E-state index in [2.05, 4.69) is 49.5 Å². The second-order valence-electron chi connectivity index (χ2n) is 7.23. The lowest BCUT2D eigenvalue weighted by molar-refractivity contribution is -0.116. The molecule has 0 aliphatic carbocycles. The number of piperazine rings is 1. The molecule has 1 fully saturated rings. The molecule has 28 heavy (non-hydrogen) atoms. The molecular formula is C21H25N5O2. The first kappa shape index (κ1) is 18.6. The van der Waals surface area contributed by atoms with Crippen molar-refractivity contribution in [1.82, 2.24) is 19.9 Å².